The van der Waals surface area contributed by atoms with E-state index in [1.165, 1.54) is 18.2 Å². The van der Waals surface area contributed by atoms with Crippen LogP contribution in [0.4, 0.5) is 22.7 Å². The number of nitriles is 1. The number of hydrogen-bond acceptors (Lipinski definition) is 5. The van der Waals surface area contributed by atoms with Gasteiger partial charge in [0.2, 0.25) is 5.91 Å². The number of hydrogen-bond donors (Lipinski definition) is 1. The molecule has 7 nitrogen and oxygen atoms in total. The van der Waals surface area contributed by atoms with Gasteiger partial charge in [0.1, 0.15) is 6.07 Å². The highest BCUT2D eigenvalue weighted by atomic mass is 16.6. The van der Waals surface area contributed by atoms with Crippen LogP contribution in [-0.4, -0.2) is 17.4 Å². The van der Waals surface area contributed by atoms with Crippen LogP contribution >= 0.6 is 0 Å². The molecular weight excluding hydrogens is 320 g/mol. The van der Waals surface area contributed by atoms with Crippen LogP contribution in [0.2, 0.25) is 0 Å². The minimum absolute atomic E-state index is 0.121. The van der Waals surface area contributed by atoms with Gasteiger partial charge >= 0.3 is 0 Å². The van der Waals surface area contributed by atoms with Crippen molar-refractivity contribution in [1.82, 2.24) is 0 Å². The van der Waals surface area contributed by atoms with Gasteiger partial charge in [-0.05, 0) is 43.2 Å². The molecule has 0 radical (unpaired) electrons. The summed E-state index contributed by atoms with van der Waals surface area (Å²) in [5.74, 6) is 0.123. The molecule has 0 saturated heterocycles. The number of nitro benzene ring substituents is 1. The molecule has 0 saturated carbocycles. The molecule has 1 heterocycles. The highest BCUT2D eigenvalue weighted by molar-refractivity contribution is 5.96. The molecule has 2 aromatic carbocycles. The van der Waals surface area contributed by atoms with Gasteiger partial charge in [-0.15, -0.1) is 0 Å². The normalized spacial score (nSPS) is 13.1. The van der Waals surface area contributed by atoms with Crippen molar-refractivity contribution in [3.05, 3.63) is 57.6 Å². The zero-order chi connectivity index (χ0) is 18.0. The lowest BCUT2D eigenvalue weighted by Gasteiger charge is -2.28. The largest absolute Gasteiger partial charge is 0.354 e. The number of aryl methyl sites for hydroxylation is 1. The summed E-state index contributed by atoms with van der Waals surface area (Å²) in [6.07, 6.45) is 1.15. The predicted molar refractivity (Wildman–Crippen MR) is 93.9 cm³/mol. The zero-order valence-corrected chi connectivity index (χ0v) is 13.7. The van der Waals surface area contributed by atoms with E-state index in [9.17, 15) is 20.2 Å². The van der Waals surface area contributed by atoms with Crippen molar-refractivity contribution in [3.63, 3.8) is 0 Å². The van der Waals surface area contributed by atoms with E-state index in [-0.39, 0.29) is 17.2 Å². The van der Waals surface area contributed by atoms with E-state index in [1.807, 2.05) is 31.2 Å². The van der Waals surface area contributed by atoms with Crippen molar-refractivity contribution in [2.24, 2.45) is 0 Å². The van der Waals surface area contributed by atoms with Crippen LogP contribution in [0.15, 0.2) is 36.4 Å². The van der Waals surface area contributed by atoms with Crippen molar-refractivity contribution in [3.8, 4) is 6.07 Å². The molecule has 0 atom stereocenters. The SMILES string of the molecule is CCN1C(=O)CCc2cc(Nc3ccc([N+](=O)[O-])cc3C#N)ccc21. The van der Waals surface area contributed by atoms with E-state index in [1.54, 1.807) is 4.90 Å². The molecule has 0 aromatic heterocycles. The molecule has 0 unspecified atom stereocenters. The van der Waals surface area contributed by atoms with Crippen molar-refractivity contribution >= 4 is 28.7 Å². The summed E-state index contributed by atoms with van der Waals surface area (Å²) in [5, 5.41) is 23.2. The maximum atomic E-state index is 12.0. The van der Waals surface area contributed by atoms with Crippen LogP contribution in [0.5, 0.6) is 0 Å². The van der Waals surface area contributed by atoms with Crippen LogP contribution in [-0.2, 0) is 11.2 Å². The summed E-state index contributed by atoms with van der Waals surface area (Å²) < 4.78 is 0. The van der Waals surface area contributed by atoms with Crippen molar-refractivity contribution < 1.29 is 9.72 Å². The molecular formula is C18H16N4O3. The number of anilines is 3. The summed E-state index contributed by atoms with van der Waals surface area (Å²) >= 11 is 0. The second kappa shape index (κ2) is 6.61. The lowest BCUT2D eigenvalue weighted by atomic mass is 10.0. The Kier molecular flexibility index (Phi) is 4.35. The molecule has 126 valence electrons. The third-order valence-corrected chi connectivity index (χ3v) is 4.21. The Morgan fingerprint density at radius 2 is 2.08 bits per heavy atom. The van der Waals surface area contributed by atoms with Gasteiger partial charge in [-0.2, -0.15) is 5.26 Å². The smallest absolute Gasteiger partial charge is 0.270 e. The maximum absolute atomic E-state index is 12.0. The Hall–Kier alpha value is -3.40. The Bertz CT molecular complexity index is 902. The average Bonchev–Trinajstić information content (AvgIpc) is 2.62. The van der Waals surface area contributed by atoms with Crippen LogP contribution in [0.1, 0.15) is 24.5 Å². The van der Waals surface area contributed by atoms with Crippen molar-refractivity contribution in [2.75, 3.05) is 16.8 Å². The fraction of sp³-hybridized carbons (Fsp3) is 0.222. The van der Waals surface area contributed by atoms with Gasteiger partial charge in [-0.1, -0.05) is 0 Å². The number of rotatable bonds is 4. The molecule has 0 aliphatic carbocycles. The summed E-state index contributed by atoms with van der Waals surface area (Å²) in [6.45, 7) is 2.56. The Morgan fingerprint density at radius 1 is 1.28 bits per heavy atom. The van der Waals surface area contributed by atoms with Gasteiger partial charge in [0.25, 0.3) is 5.69 Å². The van der Waals surface area contributed by atoms with Crippen LogP contribution < -0.4 is 10.2 Å². The standard InChI is InChI=1S/C18H16N4O3/c1-2-21-17-7-4-14(9-12(17)3-8-18(21)23)20-16-6-5-15(22(24)25)10-13(16)11-19/h4-7,9-10,20H,2-3,8H2,1H3. The van der Waals surface area contributed by atoms with Gasteiger partial charge in [-0.3, -0.25) is 14.9 Å². The van der Waals surface area contributed by atoms with E-state index in [4.69, 9.17) is 0 Å². The molecule has 0 fully saturated rings. The number of non-ortho nitro benzene ring substituents is 1. The minimum atomic E-state index is -0.528. The molecule has 3 rings (SSSR count). The second-order valence-corrected chi connectivity index (χ2v) is 5.71. The number of carbonyl (C=O) groups excluding carboxylic acids is 1. The summed E-state index contributed by atoms with van der Waals surface area (Å²) in [7, 11) is 0. The van der Waals surface area contributed by atoms with E-state index in [0.29, 0.717) is 25.1 Å². The number of nitrogens with one attached hydrogen (secondary N) is 1. The second-order valence-electron chi connectivity index (χ2n) is 5.71. The summed E-state index contributed by atoms with van der Waals surface area (Å²) in [6, 6.07) is 11.8. The lowest BCUT2D eigenvalue weighted by molar-refractivity contribution is -0.384. The predicted octanol–water partition coefficient (Wildman–Crippen LogP) is 3.51. The quantitative estimate of drug-likeness (QED) is 0.680. The van der Waals surface area contributed by atoms with Gasteiger partial charge in [-0.25, -0.2) is 0 Å². The monoisotopic (exact) mass is 336 g/mol. The number of amides is 1. The van der Waals surface area contributed by atoms with Crippen LogP contribution in [0.25, 0.3) is 0 Å². The molecule has 0 bridgehead atoms. The highest BCUT2D eigenvalue weighted by Crippen LogP contribution is 2.32. The first-order valence-corrected chi connectivity index (χ1v) is 7.92. The molecule has 0 spiro atoms. The number of benzene rings is 2. The maximum Gasteiger partial charge on any atom is 0.270 e. The number of fused-ring (bicyclic) bond motifs is 1. The molecule has 2 aromatic rings. The van der Waals surface area contributed by atoms with Crippen molar-refractivity contribution in [1.29, 1.82) is 5.26 Å². The molecule has 1 aliphatic rings. The minimum Gasteiger partial charge on any atom is -0.354 e. The van der Waals surface area contributed by atoms with Gasteiger partial charge in [0, 0.05) is 36.5 Å². The number of nitrogens with zero attached hydrogens (tertiary/aromatic N) is 3. The fourth-order valence-electron chi connectivity index (χ4n) is 2.99. The average molecular weight is 336 g/mol. The molecule has 7 heteroatoms. The summed E-state index contributed by atoms with van der Waals surface area (Å²) in [4.78, 5) is 24.0. The first-order valence-electron chi connectivity index (χ1n) is 7.92. The van der Waals surface area contributed by atoms with Crippen LogP contribution in [0.3, 0.4) is 0 Å². The Labute approximate surface area is 144 Å². The Morgan fingerprint density at radius 3 is 2.76 bits per heavy atom. The van der Waals surface area contributed by atoms with Gasteiger partial charge < -0.3 is 10.2 Å². The van der Waals surface area contributed by atoms with Gasteiger partial charge in [0.15, 0.2) is 0 Å². The van der Waals surface area contributed by atoms with E-state index in [0.717, 1.165) is 16.9 Å². The highest BCUT2D eigenvalue weighted by Gasteiger charge is 2.23. The third-order valence-electron chi connectivity index (χ3n) is 4.21. The van der Waals surface area contributed by atoms with Crippen LogP contribution in [0, 0.1) is 21.4 Å². The molecule has 1 amide bonds. The van der Waals surface area contributed by atoms with E-state index in [2.05, 4.69) is 5.32 Å². The van der Waals surface area contributed by atoms with E-state index >= 15 is 0 Å². The Balaban J connectivity index is 1.91. The van der Waals surface area contributed by atoms with E-state index < -0.39 is 4.92 Å². The number of carbonyl (C=O) groups is 1. The third kappa shape index (κ3) is 3.15. The van der Waals surface area contributed by atoms with Gasteiger partial charge in [0.05, 0.1) is 16.2 Å². The first kappa shape index (κ1) is 16.5. The fourth-order valence-corrected chi connectivity index (χ4v) is 2.99. The first-order chi connectivity index (χ1) is 12.0. The number of nitro groups is 1. The zero-order valence-electron chi connectivity index (χ0n) is 13.7. The summed E-state index contributed by atoms with van der Waals surface area (Å²) in [5.41, 5.74) is 3.34. The molecule has 25 heavy (non-hydrogen) atoms. The topological polar surface area (TPSA) is 99.3 Å². The molecule has 1 N–H and O–H groups in total. The molecule has 1 aliphatic heterocycles. The van der Waals surface area contributed by atoms with Crippen molar-refractivity contribution in [2.45, 2.75) is 19.8 Å². The lowest BCUT2D eigenvalue weighted by Crippen LogP contribution is -2.34.